The molecule has 0 saturated heterocycles. The highest BCUT2D eigenvalue weighted by atomic mass is 32.1. The van der Waals surface area contributed by atoms with Gasteiger partial charge in [-0.05, 0) is 47.3 Å². The Labute approximate surface area is 146 Å². The van der Waals surface area contributed by atoms with Gasteiger partial charge in [-0.15, -0.1) is 11.3 Å². The van der Waals surface area contributed by atoms with Gasteiger partial charge in [0.05, 0.1) is 0 Å². The summed E-state index contributed by atoms with van der Waals surface area (Å²) >= 11 is 1.17. The molecule has 1 N–H and O–H groups in total. The van der Waals surface area contributed by atoms with Gasteiger partial charge in [-0.25, -0.2) is 13.6 Å². The highest BCUT2D eigenvalue weighted by molar-refractivity contribution is 7.20. The maximum Gasteiger partial charge on any atom is 0.348 e. The number of thiophene rings is 1. The number of hydrogen-bond donors (Lipinski definition) is 1. The smallest absolute Gasteiger partial charge is 0.348 e. The summed E-state index contributed by atoms with van der Waals surface area (Å²) in [5, 5.41) is 3.18. The van der Waals surface area contributed by atoms with Crippen molar-refractivity contribution in [1.82, 2.24) is 5.32 Å². The quantitative estimate of drug-likeness (QED) is 0.706. The summed E-state index contributed by atoms with van der Waals surface area (Å²) in [6, 6.07) is 11.5. The second kappa shape index (κ2) is 7.40. The highest BCUT2D eigenvalue weighted by Crippen LogP contribution is 2.26. The molecule has 1 amide bonds. The molecule has 128 valence electrons. The van der Waals surface area contributed by atoms with E-state index >= 15 is 0 Å². The van der Waals surface area contributed by atoms with Gasteiger partial charge in [-0.3, -0.25) is 4.79 Å². The van der Waals surface area contributed by atoms with Crippen LogP contribution in [0.1, 0.15) is 15.2 Å². The molecule has 0 fully saturated rings. The lowest BCUT2D eigenvalue weighted by atomic mass is 10.2. The van der Waals surface area contributed by atoms with Crippen molar-refractivity contribution < 1.29 is 23.1 Å². The number of nitrogens with one attached hydrogen (secondary N) is 1. The molecular weight excluding hydrogens is 348 g/mol. The van der Waals surface area contributed by atoms with Crippen LogP contribution in [-0.2, 0) is 16.1 Å². The summed E-state index contributed by atoms with van der Waals surface area (Å²) in [7, 11) is 0. The maximum atomic E-state index is 13.2. The van der Waals surface area contributed by atoms with Gasteiger partial charge < -0.3 is 10.1 Å². The lowest BCUT2D eigenvalue weighted by Crippen LogP contribution is -2.28. The van der Waals surface area contributed by atoms with Crippen molar-refractivity contribution in [1.29, 1.82) is 0 Å². The lowest BCUT2D eigenvalue weighted by molar-refractivity contribution is -0.124. The van der Waals surface area contributed by atoms with Crippen molar-refractivity contribution in [3.63, 3.8) is 0 Å². The Morgan fingerprint density at radius 2 is 1.72 bits per heavy atom. The molecule has 0 atom stereocenters. The van der Waals surface area contributed by atoms with E-state index in [9.17, 15) is 18.4 Å². The second-order valence-corrected chi connectivity index (χ2v) is 6.36. The first-order chi connectivity index (χ1) is 12.0. The van der Waals surface area contributed by atoms with Crippen LogP contribution in [0.3, 0.4) is 0 Å². The Kier molecular flexibility index (Phi) is 5.04. The van der Waals surface area contributed by atoms with E-state index in [1.54, 1.807) is 18.2 Å². The summed E-state index contributed by atoms with van der Waals surface area (Å²) in [6.45, 7) is -0.221. The number of carbonyl (C=O) groups excluding carboxylic acids is 2. The van der Waals surface area contributed by atoms with Crippen LogP contribution in [0, 0.1) is 11.6 Å². The first-order valence-electron chi connectivity index (χ1n) is 7.38. The molecule has 1 heterocycles. The third-order valence-electron chi connectivity index (χ3n) is 3.42. The van der Waals surface area contributed by atoms with Crippen LogP contribution in [0.25, 0.3) is 10.1 Å². The molecule has 4 nitrogen and oxygen atoms in total. The molecule has 3 rings (SSSR count). The van der Waals surface area contributed by atoms with E-state index in [1.807, 2.05) is 0 Å². The minimum absolute atomic E-state index is 0.207. The van der Waals surface area contributed by atoms with Crippen LogP contribution in [0.2, 0.25) is 0 Å². The number of fused-ring (bicyclic) bond motifs is 1. The van der Waals surface area contributed by atoms with Crippen LogP contribution < -0.4 is 5.32 Å². The van der Waals surface area contributed by atoms with Gasteiger partial charge in [-0.2, -0.15) is 0 Å². The Morgan fingerprint density at radius 3 is 2.48 bits per heavy atom. The summed E-state index contributed by atoms with van der Waals surface area (Å²) < 4.78 is 31.7. The van der Waals surface area contributed by atoms with Crippen molar-refractivity contribution >= 4 is 33.3 Å². The van der Waals surface area contributed by atoms with Gasteiger partial charge >= 0.3 is 5.97 Å². The average molecular weight is 361 g/mol. The maximum absolute atomic E-state index is 13.2. The molecule has 0 aliphatic rings. The number of benzene rings is 2. The molecule has 25 heavy (non-hydrogen) atoms. The van der Waals surface area contributed by atoms with Crippen molar-refractivity contribution in [2.24, 2.45) is 0 Å². The average Bonchev–Trinajstić information content (AvgIpc) is 3.02. The van der Waals surface area contributed by atoms with Gasteiger partial charge in [-0.1, -0.05) is 12.1 Å². The van der Waals surface area contributed by atoms with E-state index in [1.165, 1.54) is 41.7 Å². The Hall–Kier alpha value is -2.80. The number of hydrogen-bond acceptors (Lipinski definition) is 4. The molecular formula is C18H13F2NO3S. The number of esters is 1. The standard InChI is InChI=1S/C18H13F2NO3S/c19-13-3-1-11(2-4-13)9-21-17(22)10-24-18(23)16-8-12-7-14(20)5-6-15(12)25-16/h1-8H,9-10H2,(H,21,22). The predicted octanol–water partition coefficient (Wildman–Crippen LogP) is 3.65. The molecule has 7 heteroatoms. The number of ether oxygens (including phenoxy) is 1. The molecule has 0 aliphatic carbocycles. The van der Waals surface area contributed by atoms with Gasteiger partial charge in [0.2, 0.25) is 0 Å². The topological polar surface area (TPSA) is 55.4 Å². The monoisotopic (exact) mass is 361 g/mol. The molecule has 0 radical (unpaired) electrons. The highest BCUT2D eigenvalue weighted by Gasteiger charge is 2.14. The summed E-state index contributed by atoms with van der Waals surface area (Å²) in [6.07, 6.45) is 0. The number of rotatable bonds is 5. The van der Waals surface area contributed by atoms with Gasteiger partial charge in [0.25, 0.3) is 5.91 Å². The zero-order valence-electron chi connectivity index (χ0n) is 12.9. The fourth-order valence-electron chi connectivity index (χ4n) is 2.17. The van der Waals surface area contributed by atoms with Gasteiger partial charge in [0.15, 0.2) is 6.61 Å². The Bertz CT molecular complexity index is 922. The van der Waals surface area contributed by atoms with Crippen molar-refractivity contribution in [2.75, 3.05) is 6.61 Å². The zero-order valence-corrected chi connectivity index (χ0v) is 13.7. The molecule has 2 aromatic carbocycles. The zero-order chi connectivity index (χ0) is 17.8. The van der Waals surface area contributed by atoms with Gasteiger partial charge in [0, 0.05) is 11.2 Å². The first-order valence-corrected chi connectivity index (χ1v) is 8.20. The minimum Gasteiger partial charge on any atom is -0.451 e. The van der Waals surface area contributed by atoms with E-state index in [0.717, 1.165) is 10.3 Å². The molecule has 1 aromatic heterocycles. The lowest BCUT2D eigenvalue weighted by Gasteiger charge is -2.06. The van der Waals surface area contributed by atoms with E-state index < -0.39 is 18.5 Å². The van der Waals surface area contributed by atoms with Crippen molar-refractivity contribution in [3.8, 4) is 0 Å². The molecule has 3 aromatic rings. The normalized spacial score (nSPS) is 10.6. The fraction of sp³-hybridized carbons (Fsp3) is 0.111. The number of halogens is 2. The van der Waals surface area contributed by atoms with Crippen LogP contribution >= 0.6 is 11.3 Å². The van der Waals surface area contributed by atoms with Crippen molar-refractivity contribution in [3.05, 3.63) is 70.6 Å². The minimum atomic E-state index is -0.640. The van der Waals surface area contributed by atoms with E-state index in [2.05, 4.69) is 5.32 Å². The Balaban J connectivity index is 1.52. The number of carbonyl (C=O) groups is 2. The van der Waals surface area contributed by atoms with E-state index in [0.29, 0.717) is 10.3 Å². The summed E-state index contributed by atoms with van der Waals surface area (Å²) in [4.78, 5) is 24.0. The predicted molar refractivity (Wildman–Crippen MR) is 90.3 cm³/mol. The van der Waals surface area contributed by atoms with Crippen LogP contribution in [0.5, 0.6) is 0 Å². The molecule has 0 aliphatic heterocycles. The summed E-state index contributed by atoms with van der Waals surface area (Å²) in [5.41, 5.74) is 0.729. The summed E-state index contributed by atoms with van der Waals surface area (Å²) in [5.74, 6) is -1.85. The second-order valence-electron chi connectivity index (χ2n) is 5.27. The molecule has 0 saturated carbocycles. The van der Waals surface area contributed by atoms with E-state index in [4.69, 9.17) is 4.74 Å². The van der Waals surface area contributed by atoms with Gasteiger partial charge in [0.1, 0.15) is 16.5 Å². The molecule has 0 unspecified atom stereocenters. The van der Waals surface area contributed by atoms with Crippen molar-refractivity contribution in [2.45, 2.75) is 6.54 Å². The first kappa shape index (κ1) is 17.0. The fourth-order valence-corrected chi connectivity index (χ4v) is 3.11. The molecule has 0 spiro atoms. The van der Waals surface area contributed by atoms with Crippen LogP contribution in [0.4, 0.5) is 8.78 Å². The largest absolute Gasteiger partial charge is 0.451 e. The Morgan fingerprint density at radius 1 is 1.00 bits per heavy atom. The third-order valence-corrected chi connectivity index (χ3v) is 4.51. The third kappa shape index (κ3) is 4.39. The van der Waals surface area contributed by atoms with E-state index in [-0.39, 0.29) is 18.2 Å². The SMILES string of the molecule is O=C(COC(=O)c1cc2cc(F)ccc2s1)NCc1ccc(F)cc1. The van der Waals surface area contributed by atoms with Crippen LogP contribution in [-0.4, -0.2) is 18.5 Å². The number of amides is 1. The van der Waals surface area contributed by atoms with Crippen LogP contribution in [0.15, 0.2) is 48.5 Å². The molecule has 0 bridgehead atoms.